The molecule has 0 saturated heterocycles. The number of benzene rings is 2. The van der Waals surface area contributed by atoms with E-state index >= 15 is 0 Å². The summed E-state index contributed by atoms with van der Waals surface area (Å²) in [6.07, 6.45) is 0. The summed E-state index contributed by atoms with van der Waals surface area (Å²) in [6.45, 7) is 0. The summed E-state index contributed by atoms with van der Waals surface area (Å²) in [7, 11) is 0.926. The molecule has 0 spiro atoms. The standard InChI is InChI=1S/C15H17NOS/c1-16-15(13-8-4-2-5-9-13)12-18(17)14-10-6-3-7-11-14/h2-11,15-16H,12H2,1H3. The lowest BCUT2D eigenvalue weighted by Gasteiger charge is -2.16. The lowest BCUT2D eigenvalue weighted by molar-refractivity contribution is 0.635. The zero-order valence-corrected chi connectivity index (χ0v) is 11.2. The van der Waals surface area contributed by atoms with E-state index in [0.717, 1.165) is 4.90 Å². The van der Waals surface area contributed by atoms with Crippen molar-refractivity contribution in [2.45, 2.75) is 10.9 Å². The van der Waals surface area contributed by atoms with Gasteiger partial charge >= 0.3 is 0 Å². The molecule has 0 bridgehead atoms. The first-order valence-electron chi connectivity index (χ1n) is 5.97. The number of hydrogen-bond acceptors (Lipinski definition) is 2. The number of hydrogen-bond donors (Lipinski definition) is 1. The lowest BCUT2D eigenvalue weighted by atomic mass is 10.1. The third-order valence-corrected chi connectivity index (χ3v) is 4.31. The van der Waals surface area contributed by atoms with Crippen LogP contribution in [0.1, 0.15) is 11.6 Å². The van der Waals surface area contributed by atoms with Crippen molar-refractivity contribution in [2.24, 2.45) is 0 Å². The molecular formula is C15H17NOS. The summed E-state index contributed by atoms with van der Waals surface area (Å²) in [4.78, 5) is 0.883. The van der Waals surface area contributed by atoms with Gasteiger partial charge in [-0.3, -0.25) is 4.21 Å². The Morgan fingerprint density at radius 1 is 1.00 bits per heavy atom. The van der Waals surface area contributed by atoms with Crippen molar-refractivity contribution >= 4 is 10.8 Å². The van der Waals surface area contributed by atoms with E-state index in [1.54, 1.807) is 0 Å². The van der Waals surface area contributed by atoms with Crippen LogP contribution in [0.2, 0.25) is 0 Å². The zero-order chi connectivity index (χ0) is 12.8. The van der Waals surface area contributed by atoms with Gasteiger partial charge in [-0.25, -0.2) is 0 Å². The molecule has 3 heteroatoms. The van der Waals surface area contributed by atoms with Gasteiger partial charge in [0.05, 0.1) is 10.8 Å². The second-order valence-electron chi connectivity index (χ2n) is 4.08. The maximum Gasteiger partial charge on any atom is 0.0548 e. The summed E-state index contributed by atoms with van der Waals surface area (Å²) in [5.41, 5.74) is 1.17. The minimum atomic E-state index is -0.976. The highest BCUT2D eigenvalue weighted by Gasteiger charge is 2.13. The average molecular weight is 259 g/mol. The highest BCUT2D eigenvalue weighted by molar-refractivity contribution is 7.85. The van der Waals surface area contributed by atoms with Gasteiger partial charge in [0.1, 0.15) is 0 Å². The van der Waals surface area contributed by atoms with Crippen LogP contribution in [0.25, 0.3) is 0 Å². The number of nitrogens with one attached hydrogen (secondary N) is 1. The van der Waals surface area contributed by atoms with Crippen LogP contribution in [0, 0.1) is 0 Å². The molecule has 2 unspecified atom stereocenters. The molecule has 2 rings (SSSR count). The van der Waals surface area contributed by atoms with Crippen molar-refractivity contribution < 1.29 is 4.21 Å². The molecule has 2 aromatic carbocycles. The van der Waals surface area contributed by atoms with Gasteiger partial charge in [-0.1, -0.05) is 48.5 Å². The average Bonchev–Trinajstić information content (AvgIpc) is 2.46. The van der Waals surface area contributed by atoms with E-state index in [4.69, 9.17) is 0 Å². The first-order chi connectivity index (χ1) is 8.81. The smallest absolute Gasteiger partial charge is 0.0548 e. The third-order valence-electron chi connectivity index (χ3n) is 2.87. The fourth-order valence-corrected chi connectivity index (χ4v) is 3.17. The predicted octanol–water partition coefficient (Wildman–Crippen LogP) is 2.75. The monoisotopic (exact) mass is 259 g/mol. The molecule has 0 aliphatic rings. The van der Waals surface area contributed by atoms with Gasteiger partial charge in [0.2, 0.25) is 0 Å². The Kier molecular flexibility index (Phi) is 4.67. The molecule has 0 aromatic heterocycles. The molecular weight excluding hydrogens is 242 g/mol. The topological polar surface area (TPSA) is 29.1 Å². The maximum atomic E-state index is 12.3. The first-order valence-corrected chi connectivity index (χ1v) is 7.29. The molecule has 2 aromatic rings. The highest BCUT2D eigenvalue weighted by atomic mass is 32.2. The first kappa shape index (κ1) is 13.0. The lowest BCUT2D eigenvalue weighted by Crippen LogP contribution is -2.22. The van der Waals surface area contributed by atoms with E-state index in [9.17, 15) is 4.21 Å². The largest absolute Gasteiger partial charge is 0.312 e. The maximum absolute atomic E-state index is 12.3. The minimum Gasteiger partial charge on any atom is -0.312 e. The fourth-order valence-electron chi connectivity index (χ4n) is 1.85. The molecule has 18 heavy (non-hydrogen) atoms. The van der Waals surface area contributed by atoms with Crippen molar-refractivity contribution in [1.29, 1.82) is 0 Å². The van der Waals surface area contributed by atoms with Gasteiger partial charge < -0.3 is 5.32 Å². The minimum absolute atomic E-state index is 0.118. The van der Waals surface area contributed by atoms with Crippen molar-refractivity contribution in [3.8, 4) is 0 Å². The molecule has 94 valence electrons. The van der Waals surface area contributed by atoms with Gasteiger partial charge in [0, 0.05) is 16.7 Å². The fraction of sp³-hybridized carbons (Fsp3) is 0.200. The Morgan fingerprint density at radius 3 is 2.11 bits per heavy atom. The number of rotatable bonds is 5. The summed E-state index contributed by atoms with van der Waals surface area (Å²) < 4.78 is 12.3. The van der Waals surface area contributed by atoms with E-state index in [2.05, 4.69) is 17.4 Å². The van der Waals surface area contributed by atoms with Crippen LogP contribution >= 0.6 is 0 Å². The third kappa shape index (κ3) is 3.28. The van der Waals surface area contributed by atoms with Crippen LogP contribution in [0.5, 0.6) is 0 Å². The normalized spacial score (nSPS) is 14.1. The molecule has 1 N–H and O–H groups in total. The summed E-state index contributed by atoms with van der Waals surface area (Å²) in [6, 6.07) is 19.8. The Bertz CT molecular complexity index is 498. The van der Waals surface area contributed by atoms with Crippen LogP contribution in [0.15, 0.2) is 65.6 Å². The Hall–Kier alpha value is -1.45. The van der Waals surface area contributed by atoms with Crippen molar-refractivity contribution in [3.63, 3.8) is 0 Å². The van der Waals surface area contributed by atoms with Gasteiger partial charge in [-0.05, 0) is 24.7 Å². The quantitative estimate of drug-likeness (QED) is 0.894. The Balaban J connectivity index is 2.10. The summed E-state index contributed by atoms with van der Waals surface area (Å²) in [5, 5.41) is 3.23. The van der Waals surface area contributed by atoms with Crippen LogP contribution in [-0.2, 0) is 10.8 Å². The molecule has 2 nitrogen and oxygen atoms in total. The zero-order valence-electron chi connectivity index (χ0n) is 10.4. The molecule has 0 saturated carbocycles. The van der Waals surface area contributed by atoms with E-state index in [1.807, 2.05) is 55.6 Å². The van der Waals surface area contributed by atoms with Gasteiger partial charge in [-0.15, -0.1) is 0 Å². The Labute approximate surface area is 111 Å². The second kappa shape index (κ2) is 6.47. The second-order valence-corrected chi connectivity index (χ2v) is 5.57. The van der Waals surface area contributed by atoms with Crippen molar-refractivity contribution in [1.82, 2.24) is 5.32 Å². The van der Waals surface area contributed by atoms with E-state index in [1.165, 1.54) is 5.56 Å². The summed E-state index contributed by atoms with van der Waals surface area (Å²) >= 11 is 0. The Morgan fingerprint density at radius 2 is 1.56 bits per heavy atom. The predicted molar refractivity (Wildman–Crippen MR) is 76.0 cm³/mol. The van der Waals surface area contributed by atoms with Crippen LogP contribution < -0.4 is 5.32 Å². The van der Waals surface area contributed by atoms with E-state index in [0.29, 0.717) is 5.75 Å². The molecule has 0 fully saturated rings. The molecule has 0 amide bonds. The molecule has 0 aliphatic heterocycles. The van der Waals surface area contributed by atoms with Crippen LogP contribution in [0.4, 0.5) is 0 Å². The van der Waals surface area contributed by atoms with Gasteiger partial charge in [-0.2, -0.15) is 0 Å². The van der Waals surface area contributed by atoms with Crippen LogP contribution in [0.3, 0.4) is 0 Å². The highest BCUT2D eigenvalue weighted by Crippen LogP contribution is 2.16. The van der Waals surface area contributed by atoms with Crippen molar-refractivity contribution in [3.05, 3.63) is 66.2 Å². The molecule has 0 heterocycles. The van der Waals surface area contributed by atoms with Gasteiger partial charge in [0.25, 0.3) is 0 Å². The summed E-state index contributed by atoms with van der Waals surface area (Å²) in [5.74, 6) is 0.588. The SMILES string of the molecule is CNC(CS(=O)c1ccccc1)c1ccccc1. The molecule has 0 aliphatic carbocycles. The molecule has 0 radical (unpaired) electrons. The van der Waals surface area contributed by atoms with Gasteiger partial charge in [0.15, 0.2) is 0 Å². The van der Waals surface area contributed by atoms with E-state index in [-0.39, 0.29) is 6.04 Å². The van der Waals surface area contributed by atoms with E-state index < -0.39 is 10.8 Å². The van der Waals surface area contributed by atoms with Crippen LogP contribution in [-0.4, -0.2) is 17.0 Å². The van der Waals surface area contributed by atoms with Crippen molar-refractivity contribution in [2.75, 3.05) is 12.8 Å². The molecule has 2 atom stereocenters.